The number of aliphatic hydroxyl groups is 1. The lowest BCUT2D eigenvalue weighted by atomic mass is 9.91. The van der Waals surface area contributed by atoms with Gasteiger partial charge in [0.15, 0.2) is 11.5 Å². The van der Waals surface area contributed by atoms with Gasteiger partial charge in [0.25, 0.3) is 0 Å². The quantitative estimate of drug-likeness (QED) is 0.390. The van der Waals surface area contributed by atoms with Gasteiger partial charge in [-0.3, -0.25) is 4.98 Å². The molecule has 0 aliphatic heterocycles. The van der Waals surface area contributed by atoms with Gasteiger partial charge in [-0.1, -0.05) is 18.2 Å². The number of fused-ring (bicyclic) bond motifs is 4. The average molecular weight is 443 g/mol. The fraction of sp³-hybridized carbons (Fsp3) is 0.250. The molecule has 0 saturated heterocycles. The van der Waals surface area contributed by atoms with Crippen LogP contribution in [0.4, 0.5) is 10.3 Å². The Bertz CT molecular complexity index is 1490. The summed E-state index contributed by atoms with van der Waals surface area (Å²) in [5, 5.41) is 19.4. The van der Waals surface area contributed by atoms with E-state index in [0.29, 0.717) is 28.5 Å². The number of rotatable bonds is 4. The molecule has 0 radical (unpaired) electrons. The first-order valence-electron chi connectivity index (χ1n) is 11.0. The van der Waals surface area contributed by atoms with Gasteiger partial charge in [0.05, 0.1) is 18.5 Å². The Kier molecular flexibility index (Phi) is 4.58. The average Bonchev–Trinajstić information content (AvgIpc) is 3.41. The molecule has 1 aliphatic rings. The van der Waals surface area contributed by atoms with Crippen LogP contribution in [0.2, 0.25) is 0 Å². The molecule has 6 rings (SSSR count). The molecule has 9 heteroatoms. The fourth-order valence-corrected chi connectivity index (χ4v) is 4.62. The highest BCUT2D eigenvalue weighted by atomic mass is 19.1. The second kappa shape index (κ2) is 7.63. The summed E-state index contributed by atoms with van der Waals surface area (Å²) in [5.74, 6) is 0.358. The van der Waals surface area contributed by atoms with Crippen LogP contribution < -0.4 is 5.32 Å². The Hall–Kier alpha value is -3.85. The van der Waals surface area contributed by atoms with Crippen LogP contribution in [0.3, 0.4) is 0 Å². The van der Waals surface area contributed by atoms with Gasteiger partial charge in [0.1, 0.15) is 5.82 Å². The van der Waals surface area contributed by atoms with Crippen molar-refractivity contribution in [3.05, 3.63) is 71.6 Å². The van der Waals surface area contributed by atoms with E-state index < -0.39 is 11.9 Å². The number of hydrogen-bond acceptors (Lipinski definition) is 6. The molecule has 0 fully saturated rings. The number of H-pyrrole nitrogens is 1. The summed E-state index contributed by atoms with van der Waals surface area (Å²) in [7, 11) is 0. The van der Waals surface area contributed by atoms with Crippen LogP contribution in [0, 0.1) is 5.82 Å². The lowest BCUT2D eigenvalue weighted by Gasteiger charge is -2.24. The minimum absolute atomic E-state index is 0.132. The van der Waals surface area contributed by atoms with E-state index in [9.17, 15) is 9.50 Å². The van der Waals surface area contributed by atoms with Gasteiger partial charge in [-0.05, 0) is 43.9 Å². The van der Waals surface area contributed by atoms with Crippen molar-refractivity contribution in [3.8, 4) is 11.4 Å². The Morgan fingerprint density at radius 3 is 2.94 bits per heavy atom. The maximum atomic E-state index is 13.8. The summed E-state index contributed by atoms with van der Waals surface area (Å²) in [6.45, 7) is 1.66. The highest BCUT2D eigenvalue weighted by molar-refractivity contribution is 5.85. The summed E-state index contributed by atoms with van der Waals surface area (Å²) in [6, 6.07) is 9.82. The molecule has 0 unspecified atom stereocenters. The molecule has 0 amide bonds. The molecular formula is C24H22FN7O. The lowest BCUT2D eigenvalue weighted by molar-refractivity contribution is 0.200. The van der Waals surface area contributed by atoms with Gasteiger partial charge < -0.3 is 15.4 Å². The zero-order chi connectivity index (χ0) is 22.5. The molecule has 8 nitrogen and oxygen atoms in total. The molecule has 3 N–H and O–H groups in total. The lowest BCUT2D eigenvalue weighted by Crippen LogP contribution is -2.29. The topological polar surface area (TPSA) is 104 Å². The van der Waals surface area contributed by atoms with Crippen molar-refractivity contribution in [3.63, 3.8) is 0 Å². The number of benzene rings is 1. The van der Waals surface area contributed by atoms with E-state index in [1.807, 2.05) is 6.07 Å². The van der Waals surface area contributed by atoms with E-state index in [2.05, 4.69) is 48.6 Å². The van der Waals surface area contributed by atoms with E-state index in [0.717, 1.165) is 31.0 Å². The second-order valence-electron chi connectivity index (χ2n) is 8.49. The summed E-state index contributed by atoms with van der Waals surface area (Å²) in [5.41, 5.74) is 5.27. The standard InChI is InChI=1S/C24H22FN7O/c1-13(33)19-12-27-32-23(19)30-22(14-8-15(25)11-26-10-14)31-24(32)28-16-6-7-21-18(9-16)17-4-2-3-5-20(17)29-21/h2-5,8,10-13,16,29,33H,6-7,9H2,1H3,(H,28,30,31)/t13-,16-/m1/s1. The molecule has 0 bridgehead atoms. The van der Waals surface area contributed by atoms with Crippen molar-refractivity contribution < 1.29 is 9.50 Å². The predicted molar refractivity (Wildman–Crippen MR) is 122 cm³/mol. The van der Waals surface area contributed by atoms with Crippen molar-refractivity contribution in [2.45, 2.75) is 38.3 Å². The number of aliphatic hydroxyl groups excluding tert-OH is 1. The number of nitrogens with one attached hydrogen (secondary N) is 2. The zero-order valence-electron chi connectivity index (χ0n) is 18.0. The number of aromatic nitrogens is 6. The molecule has 0 saturated carbocycles. The number of aromatic amines is 1. The number of nitrogens with zero attached hydrogens (tertiary/aromatic N) is 5. The van der Waals surface area contributed by atoms with E-state index in [-0.39, 0.29) is 6.04 Å². The van der Waals surface area contributed by atoms with Crippen LogP contribution in [0.25, 0.3) is 27.9 Å². The first-order valence-corrected chi connectivity index (χ1v) is 11.0. The molecule has 1 aliphatic carbocycles. The van der Waals surface area contributed by atoms with Gasteiger partial charge in [0, 0.05) is 40.0 Å². The van der Waals surface area contributed by atoms with Crippen molar-refractivity contribution >= 4 is 22.5 Å². The number of halogens is 1. The zero-order valence-corrected chi connectivity index (χ0v) is 18.0. The maximum absolute atomic E-state index is 13.8. The number of pyridine rings is 1. The number of aryl methyl sites for hydroxylation is 1. The summed E-state index contributed by atoms with van der Waals surface area (Å²) >= 11 is 0. The Morgan fingerprint density at radius 1 is 1.21 bits per heavy atom. The second-order valence-corrected chi connectivity index (χ2v) is 8.49. The molecule has 33 heavy (non-hydrogen) atoms. The van der Waals surface area contributed by atoms with Crippen molar-refractivity contribution in [2.24, 2.45) is 0 Å². The van der Waals surface area contributed by atoms with Crippen LogP contribution >= 0.6 is 0 Å². The third-order valence-electron chi connectivity index (χ3n) is 6.24. The number of anilines is 1. The highest BCUT2D eigenvalue weighted by Crippen LogP contribution is 2.31. The van der Waals surface area contributed by atoms with Crippen molar-refractivity contribution in [1.29, 1.82) is 0 Å². The molecule has 1 aromatic carbocycles. The van der Waals surface area contributed by atoms with Gasteiger partial charge in [0.2, 0.25) is 5.95 Å². The summed E-state index contributed by atoms with van der Waals surface area (Å²) in [4.78, 5) is 16.7. The molecule has 0 spiro atoms. The molecule has 4 heterocycles. The fourth-order valence-electron chi connectivity index (χ4n) is 4.62. The third-order valence-corrected chi connectivity index (χ3v) is 6.24. The Morgan fingerprint density at radius 2 is 2.09 bits per heavy atom. The Labute approximate surface area is 188 Å². The van der Waals surface area contributed by atoms with Crippen LogP contribution in [-0.4, -0.2) is 40.7 Å². The SMILES string of the molecule is C[C@@H](O)c1cnn2c(N[C@@H]3CCc4[nH]c5ccccc5c4C3)nc(-c3cncc(F)c3)nc12. The predicted octanol–water partition coefficient (Wildman–Crippen LogP) is 3.83. The van der Waals surface area contributed by atoms with Crippen molar-refractivity contribution in [1.82, 2.24) is 29.5 Å². The third kappa shape index (κ3) is 3.41. The smallest absolute Gasteiger partial charge is 0.228 e. The largest absolute Gasteiger partial charge is 0.389 e. The van der Waals surface area contributed by atoms with E-state index in [4.69, 9.17) is 0 Å². The molecular weight excluding hydrogens is 421 g/mol. The van der Waals surface area contributed by atoms with Crippen LogP contribution in [0.5, 0.6) is 0 Å². The van der Waals surface area contributed by atoms with Gasteiger partial charge in [-0.2, -0.15) is 14.6 Å². The van der Waals surface area contributed by atoms with Gasteiger partial charge in [-0.15, -0.1) is 0 Å². The molecule has 4 aromatic heterocycles. The summed E-state index contributed by atoms with van der Waals surface area (Å²) in [6.07, 6.45) is 6.18. The number of para-hydroxylation sites is 1. The first-order chi connectivity index (χ1) is 16.1. The monoisotopic (exact) mass is 443 g/mol. The van der Waals surface area contributed by atoms with Gasteiger partial charge >= 0.3 is 0 Å². The minimum Gasteiger partial charge on any atom is -0.389 e. The van der Waals surface area contributed by atoms with Crippen LogP contribution in [0.15, 0.2) is 48.9 Å². The van der Waals surface area contributed by atoms with E-state index in [1.165, 1.54) is 28.9 Å². The number of hydrogen-bond donors (Lipinski definition) is 3. The molecule has 5 aromatic rings. The normalized spacial score (nSPS) is 16.8. The van der Waals surface area contributed by atoms with Crippen LogP contribution in [0.1, 0.15) is 36.3 Å². The highest BCUT2D eigenvalue weighted by Gasteiger charge is 2.25. The van der Waals surface area contributed by atoms with Crippen molar-refractivity contribution in [2.75, 3.05) is 5.32 Å². The summed E-state index contributed by atoms with van der Waals surface area (Å²) < 4.78 is 15.4. The van der Waals surface area contributed by atoms with Crippen LogP contribution in [-0.2, 0) is 12.8 Å². The first kappa shape index (κ1) is 19.8. The minimum atomic E-state index is -0.757. The van der Waals surface area contributed by atoms with Gasteiger partial charge in [-0.25, -0.2) is 9.37 Å². The molecule has 2 atom stereocenters. The molecule has 166 valence electrons. The van der Waals surface area contributed by atoms with E-state index in [1.54, 1.807) is 17.6 Å². The maximum Gasteiger partial charge on any atom is 0.228 e. The van der Waals surface area contributed by atoms with E-state index >= 15 is 0 Å². The Balaban J connectivity index is 1.41.